The maximum atomic E-state index is 12.2. The first-order valence-corrected chi connectivity index (χ1v) is 10.7. The summed E-state index contributed by atoms with van der Waals surface area (Å²) < 4.78 is 0. The van der Waals surface area contributed by atoms with Crippen LogP contribution in [-0.4, -0.2) is 5.78 Å². The van der Waals surface area contributed by atoms with Crippen molar-refractivity contribution in [2.45, 2.75) is 56.8 Å². The van der Waals surface area contributed by atoms with E-state index in [0.717, 1.165) is 12.0 Å². The fourth-order valence-electron chi connectivity index (χ4n) is 4.12. The van der Waals surface area contributed by atoms with Crippen LogP contribution in [0.25, 0.3) is 11.1 Å². The largest absolute Gasteiger partial charge is 0.294 e. The van der Waals surface area contributed by atoms with Crippen molar-refractivity contribution in [3.8, 4) is 11.1 Å². The van der Waals surface area contributed by atoms with Gasteiger partial charge in [-0.25, -0.2) is 0 Å². The smallest absolute Gasteiger partial charge is 0.162 e. The van der Waals surface area contributed by atoms with Crippen molar-refractivity contribution in [1.82, 2.24) is 0 Å². The van der Waals surface area contributed by atoms with Crippen molar-refractivity contribution in [1.29, 1.82) is 0 Å². The molecule has 0 amide bonds. The van der Waals surface area contributed by atoms with Gasteiger partial charge in [-0.15, -0.1) is 0 Å². The standard InChI is InChI=1S/C25H26OS/c1-4-24(26)17-11-13-20-21-14-12-19(27-18-9-7-5-6-8-10-18)16-23(21)25(2,3)22(20)15-17/h7,9-16H,4-6,8H2,1-3H3. The Morgan fingerprint density at radius 1 is 1.04 bits per heavy atom. The van der Waals surface area contributed by atoms with Crippen LogP contribution in [0.2, 0.25) is 0 Å². The molecule has 2 heteroatoms. The second kappa shape index (κ2) is 7.16. The fraction of sp³-hybridized carbons (Fsp3) is 0.320. The van der Waals surface area contributed by atoms with Gasteiger partial charge in [-0.2, -0.15) is 0 Å². The molecule has 27 heavy (non-hydrogen) atoms. The van der Waals surface area contributed by atoms with Crippen molar-refractivity contribution in [2.75, 3.05) is 0 Å². The number of allylic oxidation sites excluding steroid dienone is 3. The van der Waals surface area contributed by atoms with Crippen LogP contribution in [0.5, 0.6) is 0 Å². The van der Waals surface area contributed by atoms with Crippen molar-refractivity contribution in [3.63, 3.8) is 0 Å². The van der Waals surface area contributed by atoms with E-state index in [4.69, 9.17) is 0 Å². The molecule has 0 aromatic heterocycles. The van der Waals surface area contributed by atoms with Crippen LogP contribution in [0.3, 0.4) is 0 Å². The molecule has 0 unspecified atom stereocenters. The van der Waals surface area contributed by atoms with Gasteiger partial charge in [-0.3, -0.25) is 4.79 Å². The average Bonchev–Trinajstić information content (AvgIpc) is 2.85. The van der Waals surface area contributed by atoms with Crippen LogP contribution in [0, 0.1) is 0 Å². The second-order valence-corrected chi connectivity index (χ2v) is 9.06. The second-order valence-electron chi connectivity index (χ2n) is 7.91. The molecule has 2 aliphatic rings. The lowest BCUT2D eigenvalue weighted by molar-refractivity contribution is 0.0988. The lowest BCUT2D eigenvalue weighted by Gasteiger charge is -2.22. The molecule has 0 radical (unpaired) electrons. The third kappa shape index (κ3) is 3.32. The van der Waals surface area contributed by atoms with Gasteiger partial charge in [0.05, 0.1) is 0 Å². The van der Waals surface area contributed by atoms with E-state index in [1.165, 1.54) is 44.9 Å². The first kappa shape index (κ1) is 18.3. The van der Waals surface area contributed by atoms with E-state index in [1.54, 1.807) is 0 Å². The topological polar surface area (TPSA) is 17.1 Å². The summed E-state index contributed by atoms with van der Waals surface area (Å²) in [7, 11) is 0. The van der Waals surface area contributed by atoms with Crippen molar-refractivity contribution >= 4 is 17.5 Å². The van der Waals surface area contributed by atoms with E-state index >= 15 is 0 Å². The van der Waals surface area contributed by atoms with Gasteiger partial charge in [-0.1, -0.05) is 69.0 Å². The lowest BCUT2D eigenvalue weighted by Crippen LogP contribution is -2.15. The zero-order chi connectivity index (χ0) is 19.0. The van der Waals surface area contributed by atoms with Crippen LogP contribution in [0.1, 0.15) is 67.9 Å². The molecule has 138 valence electrons. The maximum Gasteiger partial charge on any atom is 0.162 e. The summed E-state index contributed by atoms with van der Waals surface area (Å²) in [6.07, 6.45) is 11.0. The lowest BCUT2D eigenvalue weighted by atomic mass is 9.82. The zero-order valence-electron chi connectivity index (χ0n) is 16.3. The SMILES string of the molecule is CCC(=O)c1ccc2c(c1)C(C)(C)c1cc(SC3=CCCCC=C3)ccc1-2. The molecule has 0 atom stereocenters. The Hall–Kier alpha value is -2.06. The Bertz CT molecular complexity index is 962. The summed E-state index contributed by atoms with van der Waals surface area (Å²) in [5.74, 6) is 0.216. The number of Topliss-reactive ketones (excluding diaryl/α,β-unsaturated/α-hetero) is 1. The van der Waals surface area contributed by atoms with Crippen molar-refractivity contribution in [2.24, 2.45) is 0 Å². The molecule has 0 fully saturated rings. The molecule has 2 aliphatic carbocycles. The molecule has 1 nitrogen and oxygen atoms in total. The number of rotatable bonds is 4. The first-order valence-electron chi connectivity index (χ1n) is 9.88. The Kier molecular flexibility index (Phi) is 4.86. The van der Waals surface area contributed by atoms with Gasteiger partial charge in [0.1, 0.15) is 0 Å². The quantitative estimate of drug-likeness (QED) is 0.522. The van der Waals surface area contributed by atoms with E-state index in [0.29, 0.717) is 6.42 Å². The molecule has 0 saturated heterocycles. The molecule has 0 aliphatic heterocycles. The van der Waals surface area contributed by atoms with Crippen LogP contribution in [0.4, 0.5) is 0 Å². The maximum absolute atomic E-state index is 12.2. The average molecular weight is 375 g/mol. The molecule has 0 saturated carbocycles. The van der Waals surface area contributed by atoms with Gasteiger partial charge >= 0.3 is 0 Å². The highest BCUT2D eigenvalue weighted by atomic mass is 32.2. The van der Waals surface area contributed by atoms with Crippen molar-refractivity contribution in [3.05, 3.63) is 76.2 Å². The predicted molar refractivity (Wildman–Crippen MR) is 116 cm³/mol. The number of hydrogen-bond acceptors (Lipinski definition) is 2. The fourth-order valence-corrected chi connectivity index (χ4v) is 5.07. The molecule has 0 N–H and O–H groups in total. The molecular formula is C25H26OS. The van der Waals surface area contributed by atoms with Crippen LogP contribution >= 0.6 is 11.8 Å². The third-order valence-electron chi connectivity index (χ3n) is 5.73. The number of benzene rings is 2. The zero-order valence-corrected chi connectivity index (χ0v) is 17.2. The molecule has 0 spiro atoms. The highest BCUT2D eigenvalue weighted by Gasteiger charge is 2.36. The minimum atomic E-state index is -0.0844. The number of fused-ring (bicyclic) bond motifs is 3. The monoisotopic (exact) mass is 374 g/mol. The minimum Gasteiger partial charge on any atom is -0.294 e. The normalized spacial score (nSPS) is 17.1. The molecular weight excluding hydrogens is 348 g/mol. The Balaban J connectivity index is 1.72. The van der Waals surface area contributed by atoms with Crippen LogP contribution in [0.15, 0.2) is 64.4 Å². The van der Waals surface area contributed by atoms with Gasteiger partial charge in [0.15, 0.2) is 5.78 Å². The minimum absolute atomic E-state index is 0.0844. The molecule has 0 heterocycles. The summed E-state index contributed by atoms with van der Waals surface area (Å²) in [5, 5.41) is 0. The highest BCUT2D eigenvalue weighted by Crippen LogP contribution is 2.50. The molecule has 0 bridgehead atoms. The number of ketones is 1. The van der Waals surface area contributed by atoms with E-state index in [1.807, 2.05) is 24.8 Å². The predicted octanol–water partition coefficient (Wildman–Crippen LogP) is 7.30. The third-order valence-corrected chi connectivity index (χ3v) is 6.76. The van der Waals surface area contributed by atoms with E-state index in [-0.39, 0.29) is 11.2 Å². The van der Waals surface area contributed by atoms with Gasteiger partial charge < -0.3 is 0 Å². The number of thioether (sulfide) groups is 1. The number of carbonyl (C=O) groups is 1. The summed E-state index contributed by atoms with van der Waals surface area (Å²) in [4.78, 5) is 14.8. The van der Waals surface area contributed by atoms with Gasteiger partial charge in [0.2, 0.25) is 0 Å². The first-order chi connectivity index (χ1) is 13.0. The van der Waals surface area contributed by atoms with Gasteiger partial charge in [-0.05, 0) is 59.7 Å². The molecule has 4 rings (SSSR count). The Morgan fingerprint density at radius 2 is 1.78 bits per heavy atom. The Labute approximate surface area is 166 Å². The van der Waals surface area contributed by atoms with Crippen LogP contribution in [-0.2, 0) is 5.41 Å². The van der Waals surface area contributed by atoms with Crippen molar-refractivity contribution < 1.29 is 4.79 Å². The summed E-state index contributed by atoms with van der Waals surface area (Å²) in [6, 6.07) is 13.1. The Morgan fingerprint density at radius 3 is 2.56 bits per heavy atom. The molecule has 2 aromatic carbocycles. The van der Waals surface area contributed by atoms with E-state index < -0.39 is 0 Å². The summed E-state index contributed by atoms with van der Waals surface area (Å²) in [5.41, 5.74) is 5.96. The number of hydrogen-bond donors (Lipinski definition) is 0. The summed E-state index contributed by atoms with van der Waals surface area (Å²) in [6.45, 7) is 6.48. The highest BCUT2D eigenvalue weighted by molar-refractivity contribution is 8.03. The van der Waals surface area contributed by atoms with Gasteiger partial charge in [0.25, 0.3) is 0 Å². The van der Waals surface area contributed by atoms with E-state index in [2.05, 4.69) is 62.4 Å². The van der Waals surface area contributed by atoms with Crippen LogP contribution < -0.4 is 0 Å². The molecule has 2 aromatic rings. The van der Waals surface area contributed by atoms with E-state index in [9.17, 15) is 4.79 Å². The number of carbonyl (C=O) groups excluding carboxylic acids is 1. The summed E-state index contributed by atoms with van der Waals surface area (Å²) >= 11 is 1.86. The van der Waals surface area contributed by atoms with Gasteiger partial charge in [0, 0.05) is 27.2 Å².